The molecule has 0 spiro atoms. The van der Waals surface area contributed by atoms with Gasteiger partial charge in [-0.3, -0.25) is 4.79 Å². The molecule has 5 heteroatoms. The second-order valence-corrected chi connectivity index (χ2v) is 5.32. The van der Waals surface area contributed by atoms with Crippen LogP contribution in [0.1, 0.15) is 29.7 Å². The molecule has 0 aliphatic rings. The number of hydrogen-bond acceptors (Lipinski definition) is 2. The van der Waals surface area contributed by atoms with Gasteiger partial charge in [0.2, 0.25) is 5.91 Å². The lowest BCUT2D eigenvalue weighted by atomic mass is 10.0. The standard InChI is InChI=1S/C18H19F2NO2/c1-2-12-3-6-14(7-4-12)17(11-22)21-18(23)10-13-5-8-15(19)16(20)9-13/h3-9,17,22H,2,10-11H2,1H3,(H,21,23). The number of aliphatic hydroxyl groups is 1. The van der Waals surface area contributed by atoms with Gasteiger partial charge in [0.1, 0.15) is 0 Å². The second kappa shape index (κ2) is 7.83. The minimum Gasteiger partial charge on any atom is -0.394 e. The molecule has 0 bridgehead atoms. The molecule has 0 saturated heterocycles. The number of aryl methyl sites for hydroxylation is 1. The van der Waals surface area contributed by atoms with E-state index in [1.165, 1.54) is 11.6 Å². The van der Waals surface area contributed by atoms with Crippen molar-refractivity contribution in [3.05, 3.63) is 70.8 Å². The molecule has 1 atom stereocenters. The number of hydrogen-bond donors (Lipinski definition) is 2. The predicted octanol–water partition coefficient (Wildman–Crippen LogP) is 2.92. The number of amides is 1. The van der Waals surface area contributed by atoms with Crippen molar-refractivity contribution in [2.24, 2.45) is 0 Å². The zero-order chi connectivity index (χ0) is 16.8. The van der Waals surface area contributed by atoms with Gasteiger partial charge in [0.05, 0.1) is 19.1 Å². The number of nitrogens with one attached hydrogen (secondary N) is 1. The van der Waals surface area contributed by atoms with E-state index in [1.807, 2.05) is 31.2 Å². The summed E-state index contributed by atoms with van der Waals surface area (Å²) in [6, 6.07) is 10.4. The largest absolute Gasteiger partial charge is 0.394 e. The van der Waals surface area contributed by atoms with Crippen LogP contribution >= 0.6 is 0 Å². The zero-order valence-electron chi connectivity index (χ0n) is 12.9. The Morgan fingerprint density at radius 2 is 1.74 bits per heavy atom. The van der Waals surface area contributed by atoms with Crippen LogP contribution in [0.4, 0.5) is 8.78 Å². The fourth-order valence-corrected chi connectivity index (χ4v) is 2.30. The van der Waals surface area contributed by atoms with Crippen molar-refractivity contribution in [3.63, 3.8) is 0 Å². The van der Waals surface area contributed by atoms with Crippen molar-refractivity contribution in [1.29, 1.82) is 0 Å². The van der Waals surface area contributed by atoms with E-state index in [0.29, 0.717) is 5.56 Å². The topological polar surface area (TPSA) is 49.3 Å². The summed E-state index contributed by atoms with van der Waals surface area (Å²) in [5.74, 6) is -2.29. The molecule has 2 aromatic rings. The first-order valence-corrected chi connectivity index (χ1v) is 7.46. The van der Waals surface area contributed by atoms with Crippen molar-refractivity contribution in [2.75, 3.05) is 6.61 Å². The highest BCUT2D eigenvalue weighted by molar-refractivity contribution is 5.79. The molecule has 1 unspecified atom stereocenters. The SMILES string of the molecule is CCc1ccc(C(CO)NC(=O)Cc2ccc(F)c(F)c2)cc1. The van der Waals surface area contributed by atoms with Crippen molar-refractivity contribution >= 4 is 5.91 Å². The van der Waals surface area contributed by atoms with E-state index in [0.717, 1.165) is 24.1 Å². The second-order valence-electron chi connectivity index (χ2n) is 5.32. The number of benzene rings is 2. The minimum atomic E-state index is -0.982. The van der Waals surface area contributed by atoms with Crippen LogP contribution < -0.4 is 5.32 Å². The highest BCUT2D eigenvalue weighted by Crippen LogP contribution is 2.15. The zero-order valence-corrected chi connectivity index (χ0v) is 12.9. The molecule has 3 nitrogen and oxygen atoms in total. The Bertz CT molecular complexity index is 671. The summed E-state index contributed by atoms with van der Waals surface area (Å²) >= 11 is 0. The van der Waals surface area contributed by atoms with Gasteiger partial charge >= 0.3 is 0 Å². The normalized spacial score (nSPS) is 12.0. The van der Waals surface area contributed by atoms with Crippen LogP contribution in [0.25, 0.3) is 0 Å². The third kappa shape index (κ3) is 4.60. The maximum Gasteiger partial charge on any atom is 0.224 e. The van der Waals surface area contributed by atoms with E-state index in [4.69, 9.17) is 0 Å². The van der Waals surface area contributed by atoms with Crippen LogP contribution in [0.5, 0.6) is 0 Å². The van der Waals surface area contributed by atoms with Crippen molar-refractivity contribution in [1.82, 2.24) is 5.32 Å². The van der Waals surface area contributed by atoms with E-state index >= 15 is 0 Å². The van der Waals surface area contributed by atoms with Crippen LogP contribution in [-0.4, -0.2) is 17.6 Å². The molecule has 0 fully saturated rings. The van der Waals surface area contributed by atoms with Gasteiger partial charge in [-0.1, -0.05) is 37.3 Å². The molecule has 2 rings (SSSR count). The molecule has 0 saturated carbocycles. The molecule has 122 valence electrons. The first-order valence-electron chi connectivity index (χ1n) is 7.46. The Morgan fingerprint density at radius 3 is 2.30 bits per heavy atom. The van der Waals surface area contributed by atoms with E-state index < -0.39 is 17.7 Å². The average Bonchev–Trinajstić information content (AvgIpc) is 2.56. The van der Waals surface area contributed by atoms with Gasteiger partial charge in [-0.05, 0) is 35.2 Å². The Labute approximate surface area is 134 Å². The van der Waals surface area contributed by atoms with Gasteiger partial charge in [0.25, 0.3) is 0 Å². The molecule has 2 aromatic carbocycles. The Balaban J connectivity index is 2.02. The van der Waals surface area contributed by atoms with Crippen LogP contribution in [0.15, 0.2) is 42.5 Å². The smallest absolute Gasteiger partial charge is 0.224 e. The summed E-state index contributed by atoms with van der Waals surface area (Å²) in [7, 11) is 0. The fraction of sp³-hybridized carbons (Fsp3) is 0.278. The molecule has 0 aliphatic carbocycles. The van der Waals surface area contributed by atoms with Crippen LogP contribution in [0.2, 0.25) is 0 Å². The molecule has 2 N–H and O–H groups in total. The van der Waals surface area contributed by atoms with Crippen LogP contribution in [0, 0.1) is 11.6 Å². The molecule has 1 amide bonds. The van der Waals surface area contributed by atoms with Gasteiger partial charge in [-0.15, -0.1) is 0 Å². The van der Waals surface area contributed by atoms with E-state index in [1.54, 1.807) is 0 Å². The molecule has 0 aliphatic heterocycles. The van der Waals surface area contributed by atoms with Crippen LogP contribution in [-0.2, 0) is 17.6 Å². The Hall–Kier alpha value is -2.27. The maximum absolute atomic E-state index is 13.1. The van der Waals surface area contributed by atoms with Gasteiger partial charge in [-0.25, -0.2) is 8.78 Å². The van der Waals surface area contributed by atoms with E-state index in [2.05, 4.69) is 5.32 Å². The van der Waals surface area contributed by atoms with Crippen molar-refractivity contribution in [3.8, 4) is 0 Å². The van der Waals surface area contributed by atoms with Gasteiger partial charge in [-0.2, -0.15) is 0 Å². The number of rotatable bonds is 6. The number of aliphatic hydroxyl groups excluding tert-OH is 1. The maximum atomic E-state index is 13.1. The lowest BCUT2D eigenvalue weighted by Gasteiger charge is -2.17. The Kier molecular flexibility index (Phi) is 5.82. The first kappa shape index (κ1) is 17.1. The fourth-order valence-electron chi connectivity index (χ4n) is 2.30. The number of halogens is 2. The average molecular weight is 319 g/mol. The summed E-state index contributed by atoms with van der Waals surface area (Å²) in [6.07, 6.45) is 0.827. The summed E-state index contributed by atoms with van der Waals surface area (Å²) in [4.78, 5) is 12.0. The quantitative estimate of drug-likeness (QED) is 0.860. The molecular weight excluding hydrogens is 300 g/mol. The molecule has 0 radical (unpaired) electrons. The summed E-state index contributed by atoms with van der Waals surface area (Å²) in [5, 5.41) is 12.2. The summed E-state index contributed by atoms with van der Waals surface area (Å²) < 4.78 is 26.0. The Morgan fingerprint density at radius 1 is 1.09 bits per heavy atom. The third-order valence-corrected chi connectivity index (χ3v) is 3.66. The predicted molar refractivity (Wildman–Crippen MR) is 83.9 cm³/mol. The molecule has 0 heterocycles. The number of carbonyl (C=O) groups excluding carboxylic acids is 1. The number of carbonyl (C=O) groups is 1. The van der Waals surface area contributed by atoms with Crippen molar-refractivity contribution < 1.29 is 18.7 Å². The van der Waals surface area contributed by atoms with E-state index in [9.17, 15) is 18.7 Å². The van der Waals surface area contributed by atoms with Crippen molar-refractivity contribution in [2.45, 2.75) is 25.8 Å². The van der Waals surface area contributed by atoms with Crippen LogP contribution in [0.3, 0.4) is 0 Å². The van der Waals surface area contributed by atoms with Gasteiger partial charge in [0, 0.05) is 0 Å². The van der Waals surface area contributed by atoms with Gasteiger partial charge in [0.15, 0.2) is 11.6 Å². The highest BCUT2D eigenvalue weighted by atomic mass is 19.2. The molecule has 0 aromatic heterocycles. The van der Waals surface area contributed by atoms with E-state index in [-0.39, 0.29) is 18.9 Å². The highest BCUT2D eigenvalue weighted by Gasteiger charge is 2.14. The molecular formula is C18H19F2NO2. The lowest BCUT2D eigenvalue weighted by molar-refractivity contribution is -0.121. The lowest BCUT2D eigenvalue weighted by Crippen LogP contribution is -2.32. The van der Waals surface area contributed by atoms with Gasteiger partial charge < -0.3 is 10.4 Å². The third-order valence-electron chi connectivity index (χ3n) is 3.66. The minimum absolute atomic E-state index is 0.0826. The monoisotopic (exact) mass is 319 g/mol. The summed E-state index contributed by atoms with van der Waals surface area (Å²) in [5.41, 5.74) is 2.33. The molecule has 23 heavy (non-hydrogen) atoms. The summed E-state index contributed by atoms with van der Waals surface area (Å²) in [6.45, 7) is 1.80. The first-order chi connectivity index (χ1) is 11.0.